The van der Waals surface area contributed by atoms with E-state index in [2.05, 4.69) is 182 Å². The molecule has 2 aromatic heterocycles. The van der Waals surface area contributed by atoms with Crippen LogP contribution in [-0.2, 0) is 5.41 Å². The Balaban J connectivity index is 0.997. The van der Waals surface area contributed by atoms with Gasteiger partial charge in [-0.25, -0.2) is 9.97 Å². The normalized spacial score (nSPS) is 13.0. The highest BCUT2D eigenvalue weighted by Crippen LogP contribution is 2.63. The minimum Gasteiger partial charge on any atom is -0.456 e. The highest BCUT2D eigenvalue weighted by atomic mass is 16.3. The van der Waals surface area contributed by atoms with Crippen molar-refractivity contribution in [2.45, 2.75) is 5.41 Å². The lowest BCUT2D eigenvalue weighted by Gasteiger charge is -2.30. The van der Waals surface area contributed by atoms with Gasteiger partial charge in [0.05, 0.1) is 16.8 Å². The maximum atomic E-state index is 6.52. The van der Waals surface area contributed by atoms with Crippen LogP contribution in [0.2, 0.25) is 0 Å². The fourth-order valence-corrected chi connectivity index (χ4v) is 10.5. The average Bonchev–Trinajstić information content (AvgIpc) is 3.98. The van der Waals surface area contributed by atoms with E-state index in [4.69, 9.17) is 14.4 Å². The molecular weight excluding hydrogens is 753 g/mol. The average molecular weight is 789 g/mol. The Morgan fingerprint density at radius 2 is 0.839 bits per heavy atom. The van der Waals surface area contributed by atoms with E-state index in [9.17, 15) is 0 Å². The van der Waals surface area contributed by atoms with Crippen molar-refractivity contribution in [3.8, 4) is 78.4 Å². The summed E-state index contributed by atoms with van der Waals surface area (Å²) < 4.78 is 6.52. The van der Waals surface area contributed by atoms with Crippen LogP contribution in [0.1, 0.15) is 22.3 Å². The summed E-state index contributed by atoms with van der Waals surface area (Å²) in [6.45, 7) is 0. The van der Waals surface area contributed by atoms with Crippen molar-refractivity contribution in [3.05, 3.63) is 241 Å². The highest BCUT2D eigenvalue weighted by Gasteiger charge is 2.51. The monoisotopic (exact) mass is 788 g/mol. The number of fused-ring (bicyclic) bond motifs is 13. The molecule has 0 saturated carbocycles. The Hall–Kier alpha value is -8.14. The predicted octanol–water partition coefficient (Wildman–Crippen LogP) is 15.1. The molecule has 13 rings (SSSR count). The first-order valence-electron chi connectivity index (χ1n) is 21.2. The smallest absolute Gasteiger partial charge is 0.160 e. The van der Waals surface area contributed by atoms with Gasteiger partial charge in [-0.3, -0.25) is 0 Å². The van der Waals surface area contributed by atoms with Crippen LogP contribution in [0.15, 0.2) is 223 Å². The number of rotatable bonds is 5. The summed E-state index contributed by atoms with van der Waals surface area (Å²) in [6.07, 6.45) is 0. The number of hydrogen-bond acceptors (Lipinski definition) is 3. The van der Waals surface area contributed by atoms with Gasteiger partial charge in [0.15, 0.2) is 5.82 Å². The highest BCUT2D eigenvalue weighted by molar-refractivity contribution is 6.16. The molecule has 9 aromatic carbocycles. The van der Waals surface area contributed by atoms with E-state index in [1.54, 1.807) is 0 Å². The maximum absolute atomic E-state index is 6.52. The SMILES string of the molecule is c1ccc(-c2cc(-c3ccc4oc5ccccc5c4c3-c3ccc(-c4ccc5c(c4)C4(c6ccccc6-c6ccccc64)c4ccccc4-5)cc3)nc(-c3ccccc3)n2)cc1. The number of aromatic nitrogens is 2. The summed E-state index contributed by atoms with van der Waals surface area (Å²) in [4.78, 5) is 10.4. The zero-order valence-corrected chi connectivity index (χ0v) is 33.6. The summed E-state index contributed by atoms with van der Waals surface area (Å²) in [5.74, 6) is 0.685. The molecule has 0 saturated heterocycles. The van der Waals surface area contributed by atoms with Crippen molar-refractivity contribution < 1.29 is 4.42 Å². The molecule has 0 bridgehead atoms. The number of furan rings is 1. The molecule has 0 radical (unpaired) electrons. The molecule has 0 unspecified atom stereocenters. The van der Waals surface area contributed by atoms with E-state index >= 15 is 0 Å². The van der Waals surface area contributed by atoms with Crippen molar-refractivity contribution in [2.24, 2.45) is 0 Å². The van der Waals surface area contributed by atoms with Crippen LogP contribution >= 0.6 is 0 Å². The molecule has 0 fully saturated rings. The lowest BCUT2D eigenvalue weighted by molar-refractivity contribution is 0.669. The molecule has 0 N–H and O–H groups in total. The Kier molecular flexibility index (Phi) is 7.52. The first kappa shape index (κ1) is 34.7. The minimum absolute atomic E-state index is 0.392. The van der Waals surface area contributed by atoms with Gasteiger partial charge in [0.1, 0.15) is 11.2 Å². The molecule has 0 amide bonds. The summed E-state index contributed by atoms with van der Waals surface area (Å²) in [5, 5.41) is 2.15. The van der Waals surface area contributed by atoms with Crippen molar-refractivity contribution in [1.82, 2.24) is 9.97 Å². The first-order chi connectivity index (χ1) is 30.7. The number of benzene rings is 9. The predicted molar refractivity (Wildman–Crippen MR) is 253 cm³/mol. The third-order valence-corrected chi connectivity index (χ3v) is 13.2. The molecule has 2 heterocycles. The topological polar surface area (TPSA) is 38.9 Å². The van der Waals surface area contributed by atoms with E-state index in [0.717, 1.165) is 66.7 Å². The third kappa shape index (κ3) is 5.00. The molecule has 0 aliphatic heterocycles. The summed E-state index contributed by atoms with van der Waals surface area (Å²) in [5.41, 5.74) is 21.2. The summed E-state index contributed by atoms with van der Waals surface area (Å²) in [6, 6.07) is 78.5. The van der Waals surface area contributed by atoms with Crippen LogP contribution in [-0.4, -0.2) is 9.97 Å². The summed E-state index contributed by atoms with van der Waals surface area (Å²) in [7, 11) is 0. The zero-order chi connectivity index (χ0) is 40.8. The van der Waals surface area contributed by atoms with Crippen LogP contribution in [0.25, 0.3) is 100 Å². The van der Waals surface area contributed by atoms with Crippen LogP contribution in [0.4, 0.5) is 0 Å². The van der Waals surface area contributed by atoms with Crippen LogP contribution < -0.4 is 0 Å². The second kappa shape index (κ2) is 13.4. The Bertz CT molecular complexity index is 3450. The van der Waals surface area contributed by atoms with Gasteiger partial charge in [0.2, 0.25) is 0 Å². The largest absolute Gasteiger partial charge is 0.456 e. The Morgan fingerprint density at radius 1 is 0.323 bits per heavy atom. The van der Waals surface area contributed by atoms with E-state index in [1.807, 2.05) is 36.4 Å². The molecule has 0 atom stereocenters. The molecule has 3 heteroatoms. The third-order valence-electron chi connectivity index (χ3n) is 13.2. The second-order valence-electron chi connectivity index (χ2n) is 16.4. The van der Waals surface area contributed by atoms with Gasteiger partial charge >= 0.3 is 0 Å². The van der Waals surface area contributed by atoms with Gasteiger partial charge in [-0.1, -0.05) is 188 Å². The lowest BCUT2D eigenvalue weighted by Crippen LogP contribution is -2.25. The van der Waals surface area contributed by atoms with Crippen LogP contribution in [0.3, 0.4) is 0 Å². The van der Waals surface area contributed by atoms with Crippen LogP contribution in [0, 0.1) is 0 Å². The van der Waals surface area contributed by atoms with Crippen molar-refractivity contribution in [1.29, 1.82) is 0 Å². The number of hydrogen-bond donors (Lipinski definition) is 0. The van der Waals surface area contributed by atoms with E-state index in [-0.39, 0.29) is 0 Å². The number of para-hydroxylation sites is 1. The number of nitrogens with zero attached hydrogens (tertiary/aromatic N) is 2. The molecule has 2 aliphatic rings. The molecule has 3 nitrogen and oxygen atoms in total. The molecule has 2 aliphatic carbocycles. The molecule has 288 valence electrons. The van der Waals surface area contributed by atoms with Gasteiger partial charge in [0.25, 0.3) is 0 Å². The quantitative estimate of drug-likeness (QED) is 0.174. The van der Waals surface area contributed by atoms with Gasteiger partial charge in [-0.05, 0) is 91.5 Å². The fourth-order valence-electron chi connectivity index (χ4n) is 10.5. The van der Waals surface area contributed by atoms with Crippen molar-refractivity contribution >= 4 is 21.9 Å². The standard InChI is InChI=1S/C59H36N2O/c1-3-15-38(16-4-1)52-36-53(61-58(60-52)40-17-5-2-6-18-40)46-33-34-55-57(47-22-10-14-26-54(47)62-55)56(46)39-29-27-37(28-30-39)41-31-32-45-44-21-9-13-25-50(44)59(51(45)35-41)48-23-11-7-19-42(48)43-20-8-12-24-49(43)59/h1-36H. The first-order valence-corrected chi connectivity index (χ1v) is 21.2. The van der Waals surface area contributed by atoms with Gasteiger partial charge < -0.3 is 4.42 Å². The molecule has 11 aromatic rings. The van der Waals surface area contributed by atoms with Crippen molar-refractivity contribution in [2.75, 3.05) is 0 Å². The molecular formula is C59H36N2O. The van der Waals surface area contributed by atoms with E-state index in [0.29, 0.717) is 5.82 Å². The zero-order valence-electron chi connectivity index (χ0n) is 33.6. The molecule has 1 spiro atoms. The Morgan fingerprint density at radius 3 is 1.52 bits per heavy atom. The summed E-state index contributed by atoms with van der Waals surface area (Å²) >= 11 is 0. The van der Waals surface area contributed by atoms with E-state index < -0.39 is 5.41 Å². The lowest BCUT2D eigenvalue weighted by atomic mass is 9.70. The Labute approximate surface area is 359 Å². The minimum atomic E-state index is -0.392. The van der Waals surface area contributed by atoms with Crippen LogP contribution in [0.5, 0.6) is 0 Å². The fraction of sp³-hybridized carbons (Fsp3) is 0.0169. The van der Waals surface area contributed by atoms with Gasteiger partial charge in [-0.2, -0.15) is 0 Å². The molecule has 62 heavy (non-hydrogen) atoms. The second-order valence-corrected chi connectivity index (χ2v) is 16.4. The van der Waals surface area contributed by atoms with E-state index in [1.165, 1.54) is 50.1 Å². The van der Waals surface area contributed by atoms with Gasteiger partial charge in [-0.15, -0.1) is 0 Å². The van der Waals surface area contributed by atoms with Gasteiger partial charge in [0, 0.05) is 33.0 Å². The van der Waals surface area contributed by atoms with Crippen molar-refractivity contribution in [3.63, 3.8) is 0 Å². The maximum Gasteiger partial charge on any atom is 0.160 e.